The molecule has 1 aliphatic heterocycles. The number of rotatable bonds is 7. The number of para-hydroxylation sites is 2. The fraction of sp³-hybridized carbons (Fsp3) is 0.150. The van der Waals surface area contributed by atoms with Crippen LogP contribution in [0.15, 0.2) is 63.3 Å². The Hall–Kier alpha value is -3.11. The van der Waals surface area contributed by atoms with Crippen LogP contribution in [-0.2, 0) is 9.59 Å². The standard InChI is InChI=1S/C20H16N4O4S2/c25-17(12-29-19-23-14-5-1-2-6-15(14)28-19)22-8-9-24-18(26)16(30-20(24)27)10-13-4-3-7-21-11-13/h1-7,10-11H,8-9,12H2,(H,22,25)/b16-10+. The van der Waals surface area contributed by atoms with Gasteiger partial charge in [0.1, 0.15) is 5.52 Å². The molecule has 0 radical (unpaired) electrons. The summed E-state index contributed by atoms with van der Waals surface area (Å²) in [6.07, 6.45) is 4.88. The zero-order valence-electron chi connectivity index (χ0n) is 15.6. The van der Waals surface area contributed by atoms with Gasteiger partial charge in [-0.05, 0) is 41.6 Å². The van der Waals surface area contributed by atoms with E-state index in [0.29, 0.717) is 15.7 Å². The van der Waals surface area contributed by atoms with Crippen molar-refractivity contribution in [1.29, 1.82) is 0 Å². The van der Waals surface area contributed by atoms with Crippen LogP contribution in [0.3, 0.4) is 0 Å². The molecule has 30 heavy (non-hydrogen) atoms. The van der Waals surface area contributed by atoms with Crippen LogP contribution < -0.4 is 5.32 Å². The molecule has 3 heterocycles. The van der Waals surface area contributed by atoms with Crippen molar-refractivity contribution < 1.29 is 18.8 Å². The van der Waals surface area contributed by atoms with E-state index in [1.807, 2.05) is 24.3 Å². The third kappa shape index (κ3) is 4.71. The summed E-state index contributed by atoms with van der Waals surface area (Å²) < 4.78 is 5.55. The van der Waals surface area contributed by atoms with E-state index in [9.17, 15) is 14.4 Å². The number of aromatic nitrogens is 2. The Morgan fingerprint density at radius 3 is 2.90 bits per heavy atom. The van der Waals surface area contributed by atoms with Crippen LogP contribution in [0.1, 0.15) is 5.56 Å². The van der Waals surface area contributed by atoms with Crippen molar-refractivity contribution in [1.82, 2.24) is 20.2 Å². The summed E-state index contributed by atoms with van der Waals surface area (Å²) in [6, 6.07) is 10.9. The number of thioether (sulfide) groups is 2. The zero-order chi connectivity index (χ0) is 20.9. The first-order chi connectivity index (χ1) is 14.6. The van der Waals surface area contributed by atoms with Crippen LogP contribution in [0.25, 0.3) is 17.2 Å². The molecule has 0 spiro atoms. The second-order valence-corrected chi connectivity index (χ2v) is 8.13. The van der Waals surface area contributed by atoms with E-state index in [0.717, 1.165) is 27.7 Å². The average molecular weight is 441 g/mol. The Labute approximate surface area is 180 Å². The summed E-state index contributed by atoms with van der Waals surface area (Å²) in [4.78, 5) is 46.4. The topological polar surface area (TPSA) is 105 Å². The first kappa shape index (κ1) is 20.2. The van der Waals surface area contributed by atoms with E-state index in [1.165, 1.54) is 11.8 Å². The molecule has 1 N–H and O–H groups in total. The molecule has 152 valence electrons. The zero-order valence-corrected chi connectivity index (χ0v) is 17.2. The first-order valence-corrected chi connectivity index (χ1v) is 10.8. The van der Waals surface area contributed by atoms with Gasteiger partial charge in [0.15, 0.2) is 5.58 Å². The molecule has 1 fully saturated rings. The lowest BCUT2D eigenvalue weighted by atomic mass is 10.2. The Morgan fingerprint density at radius 2 is 2.10 bits per heavy atom. The molecule has 4 rings (SSSR count). The van der Waals surface area contributed by atoms with E-state index in [4.69, 9.17) is 4.42 Å². The van der Waals surface area contributed by atoms with Gasteiger partial charge in [-0.25, -0.2) is 4.98 Å². The molecule has 0 atom stereocenters. The Kier molecular flexibility index (Phi) is 6.15. The largest absolute Gasteiger partial charge is 0.431 e. The third-order valence-corrected chi connectivity index (χ3v) is 5.85. The third-order valence-electron chi connectivity index (χ3n) is 4.11. The molecule has 1 aliphatic rings. The van der Waals surface area contributed by atoms with Gasteiger partial charge in [-0.3, -0.25) is 24.3 Å². The predicted octanol–water partition coefficient (Wildman–Crippen LogP) is 3.17. The molecule has 0 bridgehead atoms. The van der Waals surface area contributed by atoms with Crippen LogP contribution in [0.2, 0.25) is 0 Å². The van der Waals surface area contributed by atoms with Crippen molar-refractivity contribution in [3.05, 3.63) is 59.3 Å². The van der Waals surface area contributed by atoms with Gasteiger partial charge in [0.2, 0.25) is 5.91 Å². The maximum absolute atomic E-state index is 12.5. The van der Waals surface area contributed by atoms with Crippen molar-refractivity contribution in [2.24, 2.45) is 0 Å². The van der Waals surface area contributed by atoms with Crippen molar-refractivity contribution in [3.8, 4) is 0 Å². The molecule has 2 aromatic heterocycles. The number of carbonyl (C=O) groups is 3. The van der Waals surface area contributed by atoms with E-state index in [2.05, 4.69) is 15.3 Å². The van der Waals surface area contributed by atoms with Gasteiger partial charge in [0.25, 0.3) is 16.4 Å². The van der Waals surface area contributed by atoms with Gasteiger partial charge in [-0.1, -0.05) is 30.0 Å². The maximum Gasteiger partial charge on any atom is 0.293 e. The lowest BCUT2D eigenvalue weighted by Crippen LogP contribution is -2.37. The van der Waals surface area contributed by atoms with Crippen molar-refractivity contribution in [2.75, 3.05) is 18.8 Å². The van der Waals surface area contributed by atoms with Gasteiger partial charge in [0, 0.05) is 25.5 Å². The highest BCUT2D eigenvalue weighted by molar-refractivity contribution is 8.18. The lowest BCUT2D eigenvalue weighted by Gasteiger charge is -2.12. The van der Waals surface area contributed by atoms with Crippen molar-refractivity contribution >= 4 is 57.8 Å². The fourth-order valence-electron chi connectivity index (χ4n) is 2.70. The highest BCUT2D eigenvalue weighted by Gasteiger charge is 2.34. The maximum atomic E-state index is 12.5. The van der Waals surface area contributed by atoms with Crippen LogP contribution in [0, 0.1) is 0 Å². The van der Waals surface area contributed by atoms with Crippen LogP contribution in [0.4, 0.5) is 4.79 Å². The highest BCUT2D eigenvalue weighted by atomic mass is 32.2. The molecule has 1 aromatic carbocycles. The molecule has 0 saturated carbocycles. The molecule has 3 aromatic rings. The lowest BCUT2D eigenvalue weighted by molar-refractivity contribution is -0.123. The summed E-state index contributed by atoms with van der Waals surface area (Å²) in [6.45, 7) is 0.277. The highest BCUT2D eigenvalue weighted by Crippen LogP contribution is 2.31. The minimum Gasteiger partial charge on any atom is -0.431 e. The number of nitrogens with zero attached hydrogens (tertiary/aromatic N) is 3. The summed E-state index contributed by atoms with van der Waals surface area (Å²) in [7, 11) is 0. The van der Waals surface area contributed by atoms with Crippen molar-refractivity contribution in [2.45, 2.75) is 5.22 Å². The second-order valence-electron chi connectivity index (χ2n) is 6.21. The molecule has 1 saturated heterocycles. The Balaban J connectivity index is 1.25. The summed E-state index contributed by atoms with van der Waals surface area (Å²) in [5.41, 5.74) is 2.14. The Bertz CT molecular complexity index is 1100. The number of oxazole rings is 1. The minimum absolute atomic E-state index is 0.105. The number of fused-ring (bicyclic) bond motifs is 1. The molecular formula is C20H16N4O4S2. The van der Waals surface area contributed by atoms with Crippen molar-refractivity contribution in [3.63, 3.8) is 0 Å². The summed E-state index contributed by atoms with van der Waals surface area (Å²) in [5, 5.41) is 2.76. The van der Waals surface area contributed by atoms with Gasteiger partial charge >= 0.3 is 0 Å². The van der Waals surface area contributed by atoms with Gasteiger partial charge in [-0.2, -0.15) is 0 Å². The number of benzene rings is 1. The molecule has 3 amide bonds. The number of hydrogen-bond acceptors (Lipinski definition) is 8. The summed E-state index contributed by atoms with van der Waals surface area (Å²) in [5.74, 6) is -0.487. The van der Waals surface area contributed by atoms with E-state index in [1.54, 1.807) is 30.6 Å². The number of amides is 3. The Morgan fingerprint density at radius 1 is 1.23 bits per heavy atom. The van der Waals surface area contributed by atoms with Gasteiger partial charge < -0.3 is 9.73 Å². The van der Waals surface area contributed by atoms with E-state index < -0.39 is 0 Å². The average Bonchev–Trinajstić information content (AvgIpc) is 3.28. The van der Waals surface area contributed by atoms with E-state index in [-0.39, 0.29) is 35.9 Å². The smallest absolute Gasteiger partial charge is 0.293 e. The first-order valence-electron chi connectivity index (χ1n) is 9.00. The van der Waals surface area contributed by atoms with Crippen LogP contribution in [-0.4, -0.2) is 50.8 Å². The molecule has 8 nitrogen and oxygen atoms in total. The van der Waals surface area contributed by atoms with Gasteiger partial charge in [-0.15, -0.1) is 0 Å². The monoisotopic (exact) mass is 440 g/mol. The molecule has 0 aliphatic carbocycles. The number of nitrogens with one attached hydrogen (secondary N) is 1. The number of pyridine rings is 1. The number of hydrogen-bond donors (Lipinski definition) is 1. The quantitative estimate of drug-likeness (QED) is 0.441. The normalized spacial score (nSPS) is 15.3. The van der Waals surface area contributed by atoms with Crippen LogP contribution in [0.5, 0.6) is 0 Å². The van der Waals surface area contributed by atoms with Gasteiger partial charge in [0.05, 0.1) is 10.7 Å². The minimum atomic E-state index is -0.371. The fourth-order valence-corrected chi connectivity index (χ4v) is 4.24. The molecular weight excluding hydrogens is 424 g/mol. The SMILES string of the molecule is O=C(CSc1nc2ccccc2o1)NCCN1C(=O)S/C(=C/c2cccnc2)C1=O. The second kappa shape index (κ2) is 9.14. The summed E-state index contributed by atoms with van der Waals surface area (Å²) >= 11 is 2.06. The number of carbonyl (C=O) groups excluding carboxylic acids is 3. The predicted molar refractivity (Wildman–Crippen MR) is 115 cm³/mol. The number of imide groups is 1. The van der Waals surface area contributed by atoms with Crippen LogP contribution >= 0.6 is 23.5 Å². The molecule has 0 unspecified atom stereocenters. The molecule has 10 heteroatoms. The van der Waals surface area contributed by atoms with E-state index >= 15 is 0 Å².